The molecule has 12 heteroatoms. The average Bonchev–Trinajstić information content (AvgIpc) is 3.16. The second-order valence-electron chi connectivity index (χ2n) is 14.6. The monoisotopic (exact) mass is 766 g/mol. The molecule has 0 aliphatic heterocycles. The fourth-order valence-electron chi connectivity index (χ4n) is 6.37. The van der Waals surface area contributed by atoms with Gasteiger partial charge in [0.15, 0.2) is 6.29 Å². The minimum Gasteiger partial charge on any atom is -0.488 e. The van der Waals surface area contributed by atoms with Crippen LogP contribution in [0, 0.1) is 5.92 Å². The zero-order valence-electron chi connectivity index (χ0n) is 33.7. The Morgan fingerprint density at radius 2 is 1.54 bits per heavy atom. The smallest absolute Gasteiger partial charge is 0.329 e. The summed E-state index contributed by atoms with van der Waals surface area (Å²) in [5.41, 5.74) is 5.63. The first-order valence-corrected chi connectivity index (χ1v) is 19.2. The molecule has 0 aliphatic carbocycles. The maximum Gasteiger partial charge on any atom is 0.329 e. The van der Waals surface area contributed by atoms with Gasteiger partial charge in [-0.15, -0.1) is 6.58 Å². The first kappa shape index (κ1) is 43.4. The van der Waals surface area contributed by atoms with Gasteiger partial charge in [-0.05, 0) is 70.9 Å². The van der Waals surface area contributed by atoms with Crippen LogP contribution in [0.4, 0.5) is 4.79 Å². The third-order valence-corrected chi connectivity index (χ3v) is 8.94. The van der Waals surface area contributed by atoms with Crippen molar-refractivity contribution in [3.8, 4) is 5.75 Å². The molecule has 4 atom stereocenters. The maximum atomic E-state index is 14.6. The normalized spacial score (nSPS) is 13.7. The summed E-state index contributed by atoms with van der Waals surface area (Å²) < 4.78 is 18.1. The van der Waals surface area contributed by atoms with Gasteiger partial charge in [-0.3, -0.25) is 20.0 Å². The van der Waals surface area contributed by atoms with Crippen LogP contribution in [0.15, 0.2) is 104 Å². The minimum absolute atomic E-state index is 0.173. The Hall–Kier alpha value is -5.30. The van der Waals surface area contributed by atoms with Crippen LogP contribution in [0.25, 0.3) is 10.9 Å². The molecule has 56 heavy (non-hydrogen) atoms. The van der Waals surface area contributed by atoms with Gasteiger partial charge in [0.05, 0.1) is 24.1 Å². The van der Waals surface area contributed by atoms with Crippen LogP contribution >= 0.6 is 0 Å². The van der Waals surface area contributed by atoms with Gasteiger partial charge in [0.25, 0.3) is 0 Å². The number of fused-ring (bicyclic) bond motifs is 1. The Morgan fingerprint density at radius 1 is 0.857 bits per heavy atom. The summed E-state index contributed by atoms with van der Waals surface area (Å²) in [5, 5.41) is 11.5. The van der Waals surface area contributed by atoms with Gasteiger partial charge in [-0.2, -0.15) is 0 Å². The number of nitrogens with zero attached hydrogens (tertiary/aromatic N) is 2. The second-order valence-corrected chi connectivity index (χ2v) is 14.6. The first-order chi connectivity index (χ1) is 26.8. The number of carbonyl (C=O) groups excluding carboxylic acids is 3. The van der Waals surface area contributed by atoms with E-state index in [4.69, 9.17) is 14.2 Å². The fraction of sp³-hybridized carbons (Fsp3) is 0.409. The Bertz CT molecular complexity index is 1850. The molecule has 1 unspecified atom stereocenters. The van der Waals surface area contributed by atoms with Crippen LogP contribution in [-0.2, 0) is 25.5 Å². The lowest BCUT2D eigenvalue weighted by Gasteiger charge is -2.33. The van der Waals surface area contributed by atoms with E-state index < -0.39 is 36.2 Å². The summed E-state index contributed by atoms with van der Waals surface area (Å²) >= 11 is 0. The van der Waals surface area contributed by atoms with Crippen molar-refractivity contribution < 1.29 is 28.6 Å². The standard InChI is InChI=1S/C44H58N6O6/c1-9-27-50(49-43(53)46-31(5)33-17-13-12-14-18-33)29-38(51)47-37(28-32-22-24-35(25-23-32)56-44(6,7)8)41(52)48-39(30(4)42(54-10-2)55-11-3)36-21-15-19-34-20-16-26-45-40(34)36/h9,12-26,30-31,37,39,42H,1,10-11,27-29H2,2-8H3,(H,47,51)(H,48,52)(H2,46,49,53)/t30-,31+,37?,39-/m0/s1. The first-order valence-electron chi connectivity index (χ1n) is 19.2. The highest BCUT2D eigenvalue weighted by Gasteiger charge is 2.33. The summed E-state index contributed by atoms with van der Waals surface area (Å²) in [6.07, 6.45) is 2.84. The number of ether oxygens (including phenoxy) is 3. The molecule has 0 aliphatic rings. The number of amides is 4. The lowest BCUT2D eigenvalue weighted by atomic mass is 9.91. The summed E-state index contributed by atoms with van der Waals surface area (Å²) in [6.45, 7) is 18.1. The topological polar surface area (TPSA) is 143 Å². The third kappa shape index (κ3) is 13.2. The molecular formula is C44H58N6O6. The largest absolute Gasteiger partial charge is 0.488 e. The molecule has 300 valence electrons. The van der Waals surface area contributed by atoms with Crippen molar-refractivity contribution in [3.63, 3.8) is 0 Å². The van der Waals surface area contributed by atoms with Crippen molar-refractivity contribution in [1.29, 1.82) is 0 Å². The molecule has 4 aromatic rings. The summed E-state index contributed by atoms with van der Waals surface area (Å²) in [7, 11) is 0. The van der Waals surface area contributed by atoms with Crippen LogP contribution in [0.3, 0.4) is 0 Å². The van der Waals surface area contributed by atoms with Crippen molar-refractivity contribution in [1.82, 2.24) is 31.4 Å². The van der Waals surface area contributed by atoms with Crippen LogP contribution < -0.4 is 26.1 Å². The molecule has 0 bridgehead atoms. The number of carbonyl (C=O) groups is 3. The highest BCUT2D eigenvalue weighted by molar-refractivity contribution is 5.90. The lowest BCUT2D eigenvalue weighted by molar-refractivity contribution is -0.170. The average molecular weight is 767 g/mol. The quantitative estimate of drug-likeness (QED) is 0.0438. The zero-order valence-corrected chi connectivity index (χ0v) is 33.7. The number of nitrogens with one attached hydrogen (secondary N) is 4. The van der Waals surface area contributed by atoms with Crippen molar-refractivity contribution in [2.75, 3.05) is 26.3 Å². The van der Waals surface area contributed by atoms with E-state index in [1.807, 2.05) is 133 Å². The van der Waals surface area contributed by atoms with Gasteiger partial charge >= 0.3 is 6.03 Å². The second kappa shape index (κ2) is 21.1. The SMILES string of the molecule is C=CCN(CC(=O)NC(Cc1ccc(OC(C)(C)C)cc1)C(=O)N[C@H](c1cccc2cccnc12)[C@H](C)C(OCC)OCC)NC(=O)N[C@H](C)c1ccccc1. The molecule has 4 N–H and O–H groups in total. The Morgan fingerprint density at radius 3 is 2.18 bits per heavy atom. The fourth-order valence-corrected chi connectivity index (χ4v) is 6.37. The van der Waals surface area contributed by atoms with E-state index in [0.29, 0.717) is 19.0 Å². The van der Waals surface area contributed by atoms with E-state index in [1.54, 1.807) is 12.3 Å². The summed E-state index contributed by atoms with van der Waals surface area (Å²) in [5.74, 6) is -0.565. The minimum atomic E-state index is -1.01. The predicted octanol–water partition coefficient (Wildman–Crippen LogP) is 6.80. The summed E-state index contributed by atoms with van der Waals surface area (Å²) in [6, 6.07) is 24.3. The number of hydrogen-bond acceptors (Lipinski definition) is 8. The molecule has 1 aromatic heterocycles. The van der Waals surface area contributed by atoms with Crippen LogP contribution in [0.2, 0.25) is 0 Å². The van der Waals surface area contributed by atoms with Crippen LogP contribution in [0.5, 0.6) is 5.75 Å². The molecule has 0 spiro atoms. The molecule has 3 aromatic carbocycles. The summed E-state index contributed by atoms with van der Waals surface area (Å²) in [4.78, 5) is 46.1. The van der Waals surface area contributed by atoms with Crippen molar-refractivity contribution >= 4 is 28.7 Å². The number of hydrogen-bond donors (Lipinski definition) is 4. The maximum absolute atomic E-state index is 14.6. The van der Waals surface area contributed by atoms with Gasteiger partial charge in [-0.25, -0.2) is 9.80 Å². The van der Waals surface area contributed by atoms with Crippen LogP contribution in [0.1, 0.15) is 77.2 Å². The van der Waals surface area contributed by atoms with Gasteiger partial charge in [0.1, 0.15) is 17.4 Å². The van der Waals surface area contributed by atoms with Gasteiger partial charge in [-0.1, -0.05) is 79.7 Å². The number of rotatable bonds is 20. The number of para-hydroxylation sites is 1. The highest BCUT2D eigenvalue weighted by atomic mass is 16.7. The third-order valence-electron chi connectivity index (χ3n) is 8.94. The van der Waals surface area contributed by atoms with Crippen LogP contribution in [-0.4, -0.2) is 72.1 Å². The highest BCUT2D eigenvalue weighted by Crippen LogP contribution is 2.31. The Kier molecular flexibility index (Phi) is 16.4. The number of benzene rings is 3. The molecular weight excluding hydrogens is 709 g/mol. The Labute approximate surface area is 331 Å². The van der Waals surface area contributed by atoms with Gasteiger partial charge < -0.3 is 30.2 Å². The number of hydrazine groups is 1. The van der Waals surface area contributed by atoms with E-state index in [9.17, 15) is 14.4 Å². The molecule has 0 radical (unpaired) electrons. The van der Waals surface area contributed by atoms with Gasteiger partial charge in [0.2, 0.25) is 11.8 Å². The van der Waals surface area contributed by atoms with E-state index in [2.05, 4.69) is 32.9 Å². The molecule has 12 nitrogen and oxygen atoms in total. The van der Waals surface area contributed by atoms with E-state index in [0.717, 1.165) is 27.6 Å². The number of aromatic nitrogens is 1. The van der Waals surface area contributed by atoms with Crippen molar-refractivity contribution in [2.24, 2.45) is 5.92 Å². The molecule has 0 saturated carbocycles. The molecule has 4 rings (SSSR count). The number of pyridine rings is 1. The molecule has 4 amide bonds. The van der Waals surface area contributed by atoms with E-state index in [1.165, 1.54) is 5.01 Å². The van der Waals surface area contributed by atoms with E-state index in [-0.39, 0.29) is 37.1 Å². The molecule has 0 fully saturated rings. The lowest BCUT2D eigenvalue weighted by Crippen LogP contribution is -2.55. The molecule has 1 heterocycles. The predicted molar refractivity (Wildman–Crippen MR) is 220 cm³/mol. The zero-order chi connectivity index (χ0) is 40.7. The van der Waals surface area contributed by atoms with E-state index >= 15 is 0 Å². The van der Waals surface area contributed by atoms with Crippen molar-refractivity contribution in [2.45, 2.75) is 84.9 Å². The molecule has 0 saturated heterocycles. The van der Waals surface area contributed by atoms with Crippen molar-refractivity contribution in [3.05, 3.63) is 120 Å². The Balaban J connectivity index is 1.61. The number of urea groups is 1. The van der Waals surface area contributed by atoms with Gasteiger partial charge in [0, 0.05) is 49.2 Å².